The van der Waals surface area contributed by atoms with E-state index in [1.165, 1.54) is 22.4 Å². The number of thiazole rings is 1. The van der Waals surface area contributed by atoms with Crippen LogP contribution in [0.4, 0.5) is 5.69 Å². The van der Waals surface area contributed by atoms with Gasteiger partial charge < -0.3 is 26.3 Å². The largest absolute Gasteiger partial charge is 1.00 e. The lowest BCUT2D eigenvalue weighted by atomic mass is 10.1. The molecule has 0 aliphatic rings. The summed E-state index contributed by atoms with van der Waals surface area (Å²) in [5.74, 6) is 0.865. The number of hydrogen-bond donors (Lipinski definition) is 0. The van der Waals surface area contributed by atoms with E-state index in [1.54, 1.807) is 18.4 Å². The van der Waals surface area contributed by atoms with Crippen LogP contribution in [0.2, 0.25) is 0 Å². The molecule has 0 aliphatic heterocycles. The predicted molar refractivity (Wildman–Crippen MR) is 121 cm³/mol. The molecule has 0 spiro atoms. The molecule has 1 aromatic heterocycles. The molecule has 0 saturated carbocycles. The smallest absolute Gasteiger partial charge is 0.190 e. The summed E-state index contributed by atoms with van der Waals surface area (Å²) in [4.78, 5) is 5.96. The van der Waals surface area contributed by atoms with Crippen molar-refractivity contribution in [3.05, 3.63) is 100 Å². The zero-order valence-corrected chi connectivity index (χ0v) is 19.5. The van der Waals surface area contributed by atoms with Crippen LogP contribution in [0.25, 0.3) is 11.3 Å². The quantitative estimate of drug-likeness (QED) is 0.417. The molecule has 3 aromatic carbocycles. The first-order valence-electron chi connectivity index (χ1n) is 9.71. The molecule has 3 nitrogen and oxygen atoms in total. The van der Waals surface area contributed by atoms with Gasteiger partial charge in [0.25, 0.3) is 0 Å². The first-order valence-corrected chi connectivity index (χ1v) is 10.6. The summed E-state index contributed by atoms with van der Waals surface area (Å²) in [7, 11) is 1.69. The van der Waals surface area contributed by atoms with Gasteiger partial charge in [0.1, 0.15) is 5.75 Å². The fourth-order valence-corrected chi connectivity index (χ4v) is 4.28. The number of rotatable bonds is 6. The second kappa shape index (κ2) is 10.4. The number of nitrogens with zero attached hydrogens (tertiary/aromatic N) is 2. The molecule has 0 unspecified atom stereocenters. The molecule has 4 aromatic rings. The summed E-state index contributed by atoms with van der Waals surface area (Å²) in [5.41, 5.74) is 5.88. The average Bonchev–Trinajstić information content (AvgIpc) is 3.15. The Morgan fingerprint density at radius 3 is 2.40 bits per heavy atom. The first-order chi connectivity index (χ1) is 14.2. The highest BCUT2D eigenvalue weighted by atomic mass is 79.9. The molecule has 30 heavy (non-hydrogen) atoms. The van der Waals surface area contributed by atoms with Crippen molar-refractivity contribution in [2.75, 3.05) is 7.11 Å². The lowest BCUT2D eigenvalue weighted by Crippen LogP contribution is -3.00. The van der Waals surface area contributed by atoms with Crippen LogP contribution in [-0.2, 0) is 13.0 Å². The number of benzene rings is 3. The number of methoxy groups -OCH3 is 1. The van der Waals surface area contributed by atoms with Gasteiger partial charge in [-0.2, -0.15) is 0 Å². The van der Waals surface area contributed by atoms with Crippen molar-refractivity contribution in [1.82, 2.24) is 4.57 Å². The minimum absolute atomic E-state index is 0. The van der Waals surface area contributed by atoms with E-state index in [9.17, 15) is 0 Å². The standard InChI is InChI=1S/C25H24N2OS.BrH/c1-19-7-6-10-22(17-19)26-25-27(16-15-20-8-4-3-5-9-20)24(18-29-25)21-11-13-23(28-2)14-12-21;/h3-14,17-18H,15-16H2,1-2H3;1H/p-1. The Balaban J connectivity index is 0.00000256. The highest BCUT2D eigenvalue weighted by Gasteiger charge is 2.09. The second-order valence-electron chi connectivity index (χ2n) is 6.97. The third kappa shape index (κ3) is 5.29. The first kappa shape index (κ1) is 22.1. The Morgan fingerprint density at radius 1 is 0.933 bits per heavy atom. The van der Waals surface area contributed by atoms with Crippen molar-refractivity contribution in [1.29, 1.82) is 0 Å². The maximum absolute atomic E-state index is 5.31. The van der Waals surface area contributed by atoms with Crippen molar-refractivity contribution in [2.45, 2.75) is 19.9 Å². The van der Waals surface area contributed by atoms with Gasteiger partial charge in [0.15, 0.2) is 4.80 Å². The number of aryl methyl sites for hydroxylation is 2. The van der Waals surface area contributed by atoms with E-state index in [-0.39, 0.29) is 17.0 Å². The van der Waals surface area contributed by atoms with Crippen LogP contribution in [0.3, 0.4) is 0 Å². The third-order valence-electron chi connectivity index (χ3n) is 4.88. The van der Waals surface area contributed by atoms with Gasteiger partial charge in [-0.1, -0.05) is 42.5 Å². The van der Waals surface area contributed by atoms with Crippen LogP contribution in [0.5, 0.6) is 5.75 Å². The lowest BCUT2D eigenvalue weighted by Gasteiger charge is -2.10. The molecule has 0 saturated heterocycles. The van der Waals surface area contributed by atoms with E-state index >= 15 is 0 Å². The van der Waals surface area contributed by atoms with Crippen LogP contribution < -0.4 is 26.5 Å². The Hall–Kier alpha value is -2.63. The number of aromatic nitrogens is 1. The fourth-order valence-electron chi connectivity index (χ4n) is 3.32. The van der Waals surface area contributed by atoms with Crippen molar-refractivity contribution in [3.8, 4) is 17.0 Å². The zero-order valence-electron chi connectivity index (χ0n) is 17.1. The van der Waals surface area contributed by atoms with Gasteiger partial charge >= 0.3 is 0 Å². The van der Waals surface area contributed by atoms with Crippen molar-refractivity contribution >= 4 is 17.0 Å². The van der Waals surface area contributed by atoms with Gasteiger partial charge in [0.05, 0.1) is 18.5 Å². The monoisotopic (exact) mass is 479 g/mol. The molecule has 4 rings (SSSR count). The molecule has 0 aliphatic carbocycles. The number of hydrogen-bond acceptors (Lipinski definition) is 3. The molecule has 154 valence electrons. The van der Waals surface area contributed by atoms with Crippen LogP contribution in [0.1, 0.15) is 11.1 Å². The molecule has 0 N–H and O–H groups in total. The number of halogens is 1. The zero-order chi connectivity index (χ0) is 20.1. The van der Waals surface area contributed by atoms with E-state index in [1.807, 2.05) is 12.1 Å². The van der Waals surface area contributed by atoms with Crippen LogP contribution in [-0.4, -0.2) is 11.7 Å². The van der Waals surface area contributed by atoms with Crippen molar-refractivity contribution in [2.24, 2.45) is 4.99 Å². The summed E-state index contributed by atoms with van der Waals surface area (Å²) in [6.07, 6.45) is 0.960. The molecule has 0 fully saturated rings. The highest BCUT2D eigenvalue weighted by Crippen LogP contribution is 2.24. The third-order valence-corrected chi connectivity index (χ3v) is 5.74. The fraction of sp³-hybridized carbons (Fsp3) is 0.160. The topological polar surface area (TPSA) is 26.5 Å². The number of ether oxygens (including phenoxy) is 1. The second-order valence-corrected chi connectivity index (χ2v) is 7.81. The minimum Gasteiger partial charge on any atom is -1.00 e. The molecule has 0 atom stereocenters. The van der Waals surface area contributed by atoms with Gasteiger partial charge in [0.2, 0.25) is 0 Å². The summed E-state index contributed by atoms with van der Waals surface area (Å²) < 4.78 is 7.63. The lowest BCUT2D eigenvalue weighted by molar-refractivity contribution is -0.00000615. The Bertz CT molecular complexity index is 1150. The maximum Gasteiger partial charge on any atom is 0.190 e. The van der Waals surface area contributed by atoms with E-state index in [2.05, 4.69) is 83.6 Å². The van der Waals surface area contributed by atoms with Gasteiger partial charge in [-0.05, 0) is 66.4 Å². The Kier molecular flexibility index (Phi) is 7.66. The average molecular weight is 480 g/mol. The van der Waals surface area contributed by atoms with E-state index in [0.29, 0.717) is 0 Å². The van der Waals surface area contributed by atoms with Gasteiger partial charge in [-0.25, -0.2) is 4.99 Å². The van der Waals surface area contributed by atoms with Crippen molar-refractivity contribution in [3.63, 3.8) is 0 Å². The molecular formula is C25H24BrN2OS-. The predicted octanol–water partition coefficient (Wildman–Crippen LogP) is 3.01. The summed E-state index contributed by atoms with van der Waals surface area (Å²) in [6.45, 7) is 2.97. The summed E-state index contributed by atoms with van der Waals surface area (Å²) in [6, 6.07) is 27.2. The van der Waals surface area contributed by atoms with E-state index in [4.69, 9.17) is 9.73 Å². The highest BCUT2D eigenvalue weighted by molar-refractivity contribution is 7.07. The van der Waals surface area contributed by atoms with Crippen LogP contribution in [0, 0.1) is 6.92 Å². The van der Waals surface area contributed by atoms with Crippen LogP contribution in [0.15, 0.2) is 89.2 Å². The molecule has 1 heterocycles. The molecule has 0 amide bonds. The van der Waals surface area contributed by atoms with Gasteiger partial charge in [0, 0.05) is 11.9 Å². The molecule has 0 radical (unpaired) electrons. The normalized spacial score (nSPS) is 11.2. The summed E-state index contributed by atoms with van der Waals surface area (Å²) in [5, 5.41) is 2.20. The Labute approximate surface area is 192 Å². The SMILES string of the molecule is COc1ccc(-c2csc(=Nc3cccc(C)c3)n2CCc2ccccc2)cc1.[Br-]. The maximum atomic E-state index is 5.31. The minimum atomic E-state index is 0. The Morgan fingerprint density at radius 2 is 1.70 bits per heavy atom. The molecule has 5 heteroatoms. The van der Waals surface area contributed by atoms with E-state index in [0.717, 1.165) is 29.2 Å². The molecular weight excluding hydrogens is 456 g/mol. The van der Waals surface area contributed by atoms with E-state index < -0.39 is 0 Å². The van der Waals surface area contributed by atoms with Gasteiger partial charge in [-0.3, -0.25) is 0 Å². The van der Waals surface area contributed by atoms with Crippen molar-refractivity contribution < 1.29 is 21.7 Å². The summed E-state index contributed by atoms with van der Waals surface area (Å²) >= 11 is 1.68. The van der Waals surface area contributed by atoms with Gasteiger partial charge in [-0.15, -0.1) is 11.3 Å². The van der Waals surface area contributed by atoms with Crippen LogP contribution >= 0.6 is 11.3 Å². The molecule has 0 bridgehead atoms.